The first-order valence-corrected chi connectivity index (χ1v) is 9.56. The number of aromatic nitrogens is 2. The molecule has 0 amide bonds. The maximum Gasteiger partial charge on any atom is 0.244 e. The molecule has 2 rings (SSSR count). The van der Waals surface area contributed by atoms with Crippen molar-refractivity contribution in [2.75, 3.05) is 13.7 Å². The quantitative estimate of drug-likeness (QED) is 0.775. The molecule has 8 heteroatoms. The van der Waals surface area contributed by atoms with Crippen molar-refractivity contribution in [1.82, 2.24) is 14.5 Å². The number of nitrogens with one attached hydrogen (secondary N) is 1. The van der Waals surface area contributed by atoms with E-state index in [1.165, 1.54) is 0 Å². The number of benzene rings is 1. The molecule has 0 aliphatic rings. The Labute approximate surface area is 149 Å². The summed E-state index contributed by atoms with van der Waals surface area (Å²) in [5, 5.41) is 4.25. The van der Waals surface area contributed by atoms with E-state index in [0.717, 1.165) is 5.75 Å². The molecule has 1 N–H and O–H groups in total. The summed E-state index contributed by atoms with van der Waals surface area (Å²) in [4.78, 5) is 0.192. The van der Waals surface area contributed by atoms with Gasteiger partial charge in [-0.1, -0.05) is 0 Å². The predicted octanol–water partition coefficient (Wildman–Crippen LogP) is 2.53. The van der Waals surface area contributed by atoms with E-state index in [0.29, 0.717) is 11.4 Å². The lowest BCUT2D eigenvalue weighted by atomic mass is 10.3. The molecule has 0 radical (unpaired) electrons. The summed E-state index contributed by atoms with van der Waals surface area (Å²) in [7, 11) is -2.06. The lowest BCUT2D eigenvalue weighted by Crippen LogP contribution is -2.36. The van der Waals surface area contributed by atoms with E-state index in [-0.39, 0.29) is 17.5 Å². The van der Waals surface area contributed by atoms with E-state index in [2.05, 4.69) is 9.82 Å². The van der Waals surface area contributed by atoms with Crippen molar-refractivity contribution in [3.8, 4) is 11.5 Å². The number of aryl methyl sites for hydroxylation is 1. The second-order valence-corrected chi connectivity index (χ2v) is 7.84. The monoisotopic (exact) mass is 367 g/mol. The van der Waals surface area contributed by atoms with Crippen molar-refractivity contribution in [3.05, 3.63) is 36.2 Å². The fraction of sp³-hybridized carbons (Fsp3) is 0.471. The van der Waals surface area contributed by atoms with Crippen LogP contribution in [0.2, 0.25) is 0 Å². The Bertz CT molecular complexity index is 798. The van der Waals surface area contributed by atoms with Gasteiger partial charge in [-0.25, -0.2) is 13.1 Å². The van der Waals surface area contributed by atoms with Gasteiger partial charge in [-0.3, -0.25) is 4.68 Å². The average molecular weight is 367 g/mol. The molecule has 1 aromatic carbocycles. The van der Waals surface area contributed by atoms with Gasteiger partial charge < -0.3 is 9.47 Å². The van der Waals surface area contributed by atoms with Crippen LogP contribution in [-0.4, -0.2) is 38.0 Å². The molecule has 0 unspecified atom stereocenters. The third-order valence-corrected chi connectivity index (χ3v) is 5.30. The lowest BCUT2D eigenvalue weighted by molar-refractivity contribution is 0.287. The molecule has 138 valence electrons. The fourth-order valence-electron chi connectivity index (χ4n) is 2.25. The number of sulfonamides is 1. The van der Waals surface area contributed by atoms with E-state index in [4.69, 9.17) is 9.47 Å². The fourth-order valence-corrected chi connectivity index (χ4v) is 3.65. The summed E-state index contributed by atoms with van der Waals surface area (Å²) in [6.45, 7) is 7.54. The van der Waals surface area contributed by atoms with E-state index >= 15 is 0 Å². The smallest absolute Gasteiger partial charge is 0.244 e. The van der Waals surface area contributed by atoms with Gasteiger partial charge in [-0.2, -0.15) is 5.10 Å². The number of hydrogen-bond acceptors (Lipinski definition) is 5. The van der Waals surface area contributed by atoms with Crippen molar-refractivity contribution in [2.24, 2.45) is 0 Å². The maximum absolute atomic E-state index is 12.6. The molecule has 1 atom stereocenters. The number of rotatable bonds is 8. The van der Waals surface area contributed by atoms with Crippen LogP contribution in [0.1, 0.15) is 32.5 Å². The third-order valence-electron chi connectivity index (χ3n) is 3.61. The van der Waals surface area contributed by atoms with Crippen LogP contribution in [-0.2, 0) is 10.0 Å². The molecule has 1 heterocycles. The highest BCUT2D eigenvalue weighted by molar-refractivity contribution is 7.89. The SMILES string of the molecule is COc1ccc(OC[C@@H](C)NS(=O)(=O)c2cn(C(C)C)nc2C)cc1. The largest absolute Gasteiger partial charge is 0.497 e. The first-order valence-electron chi connectivity index (χ1n) is 8.08. The predicted molar refractivity (Wildman–Crippen MR) is 95.6 cm³/mol. The Balaban J connectivity index is 1.99. The van der Waals surface area contributed by atoms with Crippen LogP contribution in [0.15, 0.2) is 35.4 Å². The van der Waals surface area contributed by atoms with Crippen LogP contribution in [0, 0.1) is 6.92 Å². The first kappa shape index (κ1) is 19.3. The first-order chi connectivity index (χ1) is 11.7. The minimum Gasteiger partial charge on any atom is -0.497 e. The van der Waals surface area contributed by atoms with Gasteiger partial charge in [-0.15, -0.1) is 0 Å². The minimum absolute atomic E-state index is 0.0958. The van der Waals surface area contributed by atoms with Gasteiger partial charge in [0.2, 0.25) is 10.0 Å². The van der Waals surface area contributed by atoms with E-state index < -0.39 is 16.1 Å². The molecule has 2 aromatic rings. The van der Waals surface area contributed by atoms with Crippen LogP contribution >= 0.6 is 0 Å². The van der Waals surface area contributed by atoms with Gasteiger partial charge in [0.05, 0.1) is 18.8 Å². The molecular weight excluding hydrogens is 342 g/mol. The van der Waals surface area contributed by atoms with Crippen LogP contribution < -0.4 is 14.2 Å². The number of methoxy groups -OCH3 is 1. The molecular formula is C17H25N3O4S. The number of nitrogens with zero attached hydrogens (tertiary/aromatic N) is 2. The average Bonchev–Trinajstić information content (AvgIpc) is 2.96. The summed E-state index contributed by atoms with van der Waals surface area (Å²) in [6.07, 6.45) is 1.55. The molecule has 0 aliphatic heterocycles. The van der Waals surface area contributed by atoms with Crippen LogP contribution in [0.3, 0.4) is 0 Å². The second kappa shape index (κ2) is 7.88. The van der Waals surface area contributed by atoms with Gasteiger partial charge >= 0.3 is 0 Å². The molecule has 0 spiro atoms. The zero-order valence-electron chi connectivity index (χ0n) is 15.2. The number of ether oxygens (including phenoxy) is 2. The molecule has 7 nitrogen and oxygen atoms in total. The summed E-state index contributed by atoms with van der Waals surface area (Å²) < 4.78 is 40.1. The normalized spacial score (nSPS) is 13.0. The summed E-state index contributed by atoms with van der Waals surface area (Å²) >= 11 is 0. The summed E-state index contributed by atoms with van der Waals surface area (Å²) in [6, 6.07) is 6.82. The topological polar surface area (TPSA) is 82.5 Å². The molecule has 0 fully saturated rings. The second-order valence-electron chi connectivity index (χ2n) is 6.16. The van der Waals surface area contributed by atoms with Gasteiger partial charge in [0.15, 0.2) is 0 Å². The van der Waals surface area contributed by atoms with Crippen LogP contribution in [0.4, 0.5) is 0 Å². The lowest BCUT2D eigenvalue weighted by Gasteiger charge is -2.15. The van der Waals surface area contributed by atoms with Gasteiger partial charge in [0.25, 0.3) is 0 Å². The van der Waals surface area contributed by atoms with Crippen molar-refractivity contribution in [1.29, 1.82) is 0 Å². The molecule has 0 bridgehead atoms. The highest BCUT2D eigenvalue weighted by atomic mass is 32.2. The van der Waals surface area contributed by atoms with E-state index in [1.807, 2.05) is 13.8 Å². The standard InChI is InChI=1S/C17H25N3O4S/c1-12(2)20-10-17(14(4)18-20)25(21,22)19-13(3)11-24-16-8-6-15(23-5)7-9-16/h6-10,12-13,19H,11H2,1-5H3/t13-/m1/s1. The van der Waals surface area contributed by atoms with Crippen molar-refractivity contribution >= 4 is 10.0 Å². The molecule has 0 saturated heterocycles. The summed E-state index contributed by atoms with van der Waals surface area (Å²) in [5.74, 6) is 1.38. The Morgan fingerprint density at radius 2 is 1.76 bits per heavy atom. The maximum atomic E-state index is 12.6. The van der Waals surface area contributed by atoms with Gasteiger partial charge in [0.1, 0.15) is 23.0 Å². The van der Waals surface area contributed by atoms with Crippen molar-refractivity contribution in [3.63, 3.8) is 0 Å². The molecule has 0 saturated carbocycles. The highest BCUT2D eigenvalue weighted by Crippen LogP contribution is 2.18. The van der Waals surface area contributed by atoms with Crippen LogP contribution in [0.5, 0.6) is 11.5 Å². The highest BCUT2D eigenvalue weighted by Gasteiger charge is 2.23. The van der Waals surface area contributed by atoms with E-state index in [9.17, 15) is 8.42 Å². The van der Waals surface area contributed by atoms with E-state index in [1.54, 1.807) is 56.1 Å². The van der Waals surface area contributed by atoms with Gasteiger partial charge in [0, 0.05) is 12.2 Å². The molecule has 25 heavy (non-hydrogen) atoms. The minimum atomic E-state index is -3.65. The van der Waals surface area contributed by atoms with Crippen LogP contribution in [0.25, 0.3) is 0 Å². The molecule has 0 aliphatic carbocycles. The summed E-state index contributed by atoms with van der Waals surface area (Å²) in [5.41, 5.74) is 0.476. The third kappa shape index (κ3) is 4.96. The zero-order valence-corrected chi connectivity index (χ0v) is 16.0. The zero-order chi connectivity index (χ0) is 18.6. The van der Waals surface area contributed by atoms with Gasteiger partial charge in [-0.05, 0) is 52.0 Å². The Morgan fingerprint density at radius 1 is 1.16 bits per heavy atom. The van der Waals surface area contributed by atoms with Crippen molar-refractivity contribution < 1.29 is 17.9 Å². The Hall–Kier alpha value is -2.06. The number of hydrogen-bond donors (Lipinski definition) is 1. The molecule has 1 aromatic heterocycles. The Morgan fingerprint density at radius 3 is 2.28 bits per heavy atom. The van der Waals surface area contributed by atoms with Crippen molar-refractivity contribution in [2.45, 2.75) is 44.7 Å². The Kier molecular flexibility index (Phi) is 6.07.